The van der Waals surface area contributed by atoms with E-state index in [1.54, 1.807) is 44.4 Å². The van der Waals surface area contributed by atoms with Crippen molar-refractivity contribution in [1.29, 1.82) is 0 Å². The van der Waals surface area contributed by atoms with Crippen LogP contribution in [0, 0.1) is 5.41 Å². The second kappa shape index (κ2) is 5.53. The number of ketones is 1. The normalized spacial score (nSPS) is 16.0. The van der Waals surface area contributed by atoms with Crippen molar-refractivity contribution in [2.45, 2.75) is 31.4 Å². The molecule has 24 heavy (non-hydrogen) atoms. The summed E-state index contributed by atoms with van der Waals surface area (Å²) in [4.78, 5) is 25.6. The van der Waals surface area contributed by atoms with E-state index in [1.165, 1.54) is 17.4 Å². The van der Waals surface area contributed by atoms with Gasteiger partial charge in [0.1, 0.15) is 0 Å². The Morgan fingerprint density at radius 1 is 1.21 bits per heavy atom. The molecule has 1 amide bonds. The van der Waals surface area contributed by atoms with Crippen LogP contribution in [-0.4, -0.2) is 20.1 Å². The average Bonchev–Trinajstić information content (AvgIpc) is 2.89. The summed E-state index contributed by atoms with van der Waals surface area (Å²) >= 11 is 1.22. The molecule has 126 valence electrons. The molecule has 0 saturated heterocycles. The summed E-state index contributed by atoms with van der Waals surface area (Å²) in [6.45, 7) is 5.25. The lowest BCUT2D eigenvalue weighted by Gasteiger charge is -2.19. The zero-order valence-electron chi connectivity index (χ0n) is 13.5. The van der Waals surface area contributed by atoms with E-state index in [-0.39, 0.29) is 33.6 Å². The van der Waals surface area contributed by atoms with Crippen LogP contribution < -0.4 is 5.32 Å². The van der Waals surface area contributed by atoms with Crippen molar-refractivity contribution in [3.05, 3.63) is 45.6 Å². The highest BCUT2D eigenvalue weighted by atomic mass is 32.2. The van der Waals surface area contributed by atoms with Crippen LogP contribution in [0.5, 0.6) is 0 Å². The summed E-state index contributed by atoms with van der Waals surface area (Å²) < 4.78 is 25.3. The van der Waals surface area contributed by atoms with Crippen molar-refractivity contribution in [3.63, 3.8) is 0 Å². The minimum atomic E-state index is -3.65. The van der Waals surface area contributed by atoms with Crippen LogP contribution in [0.25, 0.3) is 0 Å². The molecule has 1 N–H and O–H groups in total. The molecule has 0 atom stereocenters. The van der Waals surface area contributed by atoms with Crippen molar-refractivity contribution < 1.29 is 18.0 Å². The van der Waals surface area contributed by atoms with Crippen LogP contribution in [0.2, 0.25) is 0 Å². The third kappa shape index (κ3) is 2.78. The number of benzene rings is 1. The first-order valence-electron chi connectivity index (χ1n) is 7.39. The number of carbonyl (C=O) groups excluding carboxylic acids is 2. The van der Waals surface area contributed by atoms with Gasteiger partial charge in [-0.15, -0.1) is 11.3 Å². The Hall–Kier alpha value is -1.99. The maximum atomic E-state index is 12.9. The largest absolute Gasteiger partial charge is 0.325 e. The zero-order chi connectivity index (χ0) is 17.7. The molecule has 1 aromatic carbocycles. The maximum absolute atomic E-state index is 12.9. The fraction of sp³-hybridized carbons (Fsp3) is 0.294. The molecule has 0 aliphatic carbocycles. The summed E-state index contributed by atoms with van der Waals surface area (Å²) in [5, 5.41) is 4.42. The number of hydrogen-bond donors (Lipinski definition) is 1. The molecule has 0 spiro atoms. The Bertz CT molecular complexity index is 949. The van der Waals surface area contributed by atoms with Gasteiger partial charge in [-0.2, -0.15) is 0 Å². The summed E-state index contributed by atoms with van der Waals surface area (Å²) in [6, 6.07) is 6.19. The summed E-state index contributed by atoms with van der Waals surface area (Å²) in [5.41, 5.74) is 0.136. The van der Waals surface area contributed by atoms with Crippen LogP contribution in [0.3, 0.4) is 0 Å². The molecule has 0 saturated carbocycles. The lowest BCUT2D eigenvalue weighted by atomic mass is 9.95. The molecule has 1 aliphatic rings. The molecule has 0 radical (unpaired) electrons. The van der Waals surface area contributed by atoms with Gasteiger partial charge in [0.05, 0.1) is 26.8 Å². The molecule has 2 heterocycles. The molecule has 0 unspecified atom stereocenters. The van der Waals surface area contributed by atoms with E-state index in [2.05, 4.69) is 5.32 Å². The molecule has 5 nitrogen and oxygen atoms in total. The lowest BCUT2D eigenvalue weighted by molar-refractivity contribution is -0.123. The Balaban J connectivity index is 2.22. The van der Waals surface area contributed by atoms with Crippen LogP contribution in [0.15, 0.2) is 34.5 Å². The van der Waals surface area contributed by atoms with Crippen molar-refractivity contribution in [2.75, 3.05) is 5.32 Å². The average molecular weight is 363 g/mol. The summed E-state index contributed by atoms with van der Waals surface area (Å²) in [5.74, 6) is -0.848. The molecular weight excluding hydrogens is 346 g/mol. The minimum Gasteiger partial charge on any atom is -0.325 e. The highest BCUT2D eigenvalue weighted by Crippen LogP contribution is 2.36. The van der Waals surface area contributed by atoms with Crippen molar-refractivity contribution in [1.82, 2.24) is 0 Å². The van der Waals surface area contributed by atoms with Gasteiger partial charge in [-0.1, -0.05) is 26.8 Å². The van der Waals surface area contributed by atoms with Gasteiger partial charge in [0.2, 0.25) is 11.7 Å². The molecule has 0 fully saturated rings. The molecule has 2 aromatic rings. The van der Waals surface area contributed by atoms with E-state index in [0.717, 1.165) is 0 Å². The SMILES string of the molecule is CC(C)(C)C(=O)Nc1cccc2c1C(=O)c1sccc1CS2(=O)=O. The fourth-order valence-electron chi connectivity index (χ4n) is 2.48. The van der Waals surface area contributed by atoms with E-state index in [0.29, 0.717) is 10.4 Å². The molecular formula is C17H17NO4S2. The summed E-state index contributed by atoms with van der Waals surface area (Å²) in [7, 11) is -3.65. The molecule has 1 aromatic heterocycles. The number of anilines is 1. The quantitative estimate of drug-likeness (QED) is 0.843. The highest BCUT2D eigenvalue weighted by Gasteiger charge is 2.34. The van der Waals surface area contributed by atoms with Crippen LogP contribution >= 0.6 is 11.3 Å². The second-order valence-electron chi connectivity index (χ2n) is 6.75. The van der Waals surface area contributed by atoms with Gasteiger partial charge in [-0.05, 0) is 29.1 Å². The van der Waals surface area contributed by atoms with Crippen LogP contribution in [-0.2, 0) is 20.4 Å². The predicted octanol–water partition coefficient (Wildman–Crippen LogP) is 3.25. The lowest BCUT2D eigenvalue weighted by Crippen LogP contribution is -2.28. The number of hydrogen-bond acceptors (Lipinski definition) is 5. The number of amides is 1. The molecule has 0 bridgehead atoms. The van der Waals surface area contributed by atoms with E-state index < -0.39 is 15.3 Å². The first-order valence-corrected chi connectivity index (χ1v) is 9.93. The Labute approximate surface area is 144 Å². The second-order valence-corrected chi connectivity index (χ2v) is 9.62. The number of nitrogens with one attached hydrogen (secondary N) is 1. The van der Waals surface area contributed by atoms with E-state index in [1.807, 2.05) is 0 Å². The zero-order valence-corrected chi connectivity index (χ0v) is 15.2. The van der Waals surface area contributed by atoms with Gasteiger partial charge < -0.3 is 5.32 Å². The van der Waals surface area contributed by atoms with Crippen LogP contribution in [0.1, 0.15) is 41.6 Å². The van der Waals surface area contributed by atoms with E-state index in [4.69, 9.17) is 0 Å². The fourth-order valence-corrected chi connectivity index (χ4v) is 5.05. The van der Waals surface area contributed by atoms with Gasteiger partial charge in [0, 0.05) is 5.41 Å². The van der Waals surface area contributed by atoms with Gasteiger partial charge in [-0.3, -0.25) is 9.59 Å². The Morgan fingerprint density at radius 2 is 1.92 bits per heavy atom. The minimum absolute atomic E-state index is 0.0254. The van der Waals surface area contributed by atoms with Crippen molar-refractivity contribution in [2.24, 2.45) is 5.41 Å². The van der Waals surface area contributed by atoms with E-state index >= 15 is 0 Å². The van der Waals surface area contributed by atoms with Crippen LogP contribution in [0.4, 0.5) is 5.69 Å². The number of sulfone groups is 1. The van der Waals surface area contributed by atoms with Gasteiger partial charge in [-0.25, -0.2) is 8.42 Å². The number of thiophene rings is 1. The molecule has 7 heteroatoms. The Morgan fingerprint density at radius 3 is 2.58 bits per heavy atom. The number of rotatable bonds is 1. The first kappa shape index (κ1) is 16.9. The standard InChI is InChI=1S/C17H17NO4S2/c1-17(2,3)16(20)18-11-5-4-6-12-13(11)14(19)15-10(7-8-23-15)9-24(12,21)22/h4-8H,9H2,1-3H3,(H,18,20). The maximum Gasteiger partial charge on any atom is 0.229 e. The van der Waals surface area contributed by atoms with Gasteiger partial charge in [0.25, 0.3) is 0 Å². The topological polar surface area (TPSA) is 80.3 Å². The van der Waals surface area contributed by atoms with Crippen molar-refractivity contribution in [3.8, 4) is 0 Å². The van der Waals surface area contributed by atoms with Crippen molar-refractivity contribution >= 4 is 38.6 Å². The predicted molar refractivity (Wildman–Crippen MR) is 93.2 cm³/mol. The van der Waals surface area contributed by atoms with Gasteiger partial charge in [0.15, 0.2) is 9.84 Å². The molecule has 1 aliphatic heterocycles. The molecule has 3 rings (SSSR count). The monoisotopic (exact) mass is 363 g/mol. The third-order valence-electron chi connectivity index (χ3n) is 3.82. The highest BCUT2D eigenvalue weighted by molar-refractivity contribution is 7.90. The smallest absolute Gasteiger partial charge is 0.229 e. The van der Waals surface area contributed by atoms with E-state index in [9.17, 15) is 18.0 Å². The first-order chi connectivity index (χ1) is 11.1. The van der Waals surface area contributed by atoms with Gasteiger partial charge >= 0.3 is 0 Å². The third-order valence-corrected chi connectivity index (χ3v) is 6.47. The Kier molecular flexibility index (Phi) is 3.88. The number of fused-ring (bicyclic) bond motifs is 2. The number of carbonyl (C=O) groups is 2. The summed E-state index contributed by atoms with van der Waals surface area (Å²) in [6.07, 6.45) is 0.